The van der Waals surface area contributed by atoms with Gasteiger partial charge in [-0.25, -0.2) is 0 Å². The molecule has 1 heterocycles. The number of methoxy groups -OCH3 is 1. The van der Waals surface area contributed by atoms with E-state index in [0.717, 1.165) is 6.42 Å². The first-order valence-electron chi connectivity index (χ1n) is 9.45. The van der Waals surface area contributed by atoms with E-state index in [1.54, 1.807) is 24.1 Å². The Balaban J connectivity index is 1.84. The summed E-state index contributed by atoms with van der Waals surface area (Å²) >= 11 is 0. The summed E-state index contributed by atoms with van der Waals surface area (Å²) < 4.78 is 10.9. The molecule has 1 aromatic carbocycles. The summed E-state index contributed by atoms with van der Waals surface area (Å²) in [5, 5.41) is 9.02. The highest BCUT2D eigenvalue weighted by atomic mass is 16.5. The van der Waals surface area contributed by atoms with Crippen molar-refractivity contribution in [3.63, 3.8) is 0 Å². The van der Waals surface area contributed by atoms with Gasteiger partial charge in [0.25, 0.3) is 0 Å². The number of rotatable bonds is 8. The first kappa shape index (κ1) is 21.5. The minimum Gasteiger partial charge on any atom is -0.493 e. The Hall–Kier alpha value is -2.77. The number of aliphatic carboxylic acids is 1. The molecule has 0 aromatic heterocycles. The summed E-state index contributed by atoms with van der Waals surface area (Å²) in [6.45, 7) is 2.43. The number of carboxylic acids is 1. The van der Waals surface area contributed by atoms with E-state index in [9.17, 15) is 14.4 Å². The summed E-state index contributed by atoms with van der Waals surface area (Å²) in [4.78, 5) is 38.5. The predicted molar refractivity (Wildman–Crippen MR) is 102 cm³/mol. The first-order valence-corrected chi connectivity index (χ1v) is 9.45. The zero-order valence-electron chi connectivity index (χ0n) is 16.4. The van der Waals surface area contributed by atoms with Gasteiger partial charge in [0.15, 0.2) is 11.5 Å². The monoisotopic (exact) mass is 392 g/mol. The van der Waals surface area contributed by atoms with Gasteiger partial charge >= 0.3 is 5.97 Å². The van der Waals surface area contributed by atoms with Crippen LogP contribution in [0.4, 0.5) is 0 Å². The molecule has 8 heteroatoms. The molecule has 1 N–H and O–H groups in total. The molecule has 8 nitrogen and oxygen atoms in total. The smallest absolute Gasteiger partial charge is 0.323 e. The SMILES string of the molecule is COc1ccccc1OCCC(=O)N1CCCC(N(CC(=O)O)C(C)=O)CC1. The number of carbonyl (C=O) groups is 3. The lowest BCUT2D eigenvalue weighted by molar-refractivity contribution is -0.145. The van der Waals surface area contributed by atoms with Crippen molar-refractivity contribution in [1.82, 2.24) is 9.80 Å². The van der Waals surface area contributed by atoms with E-state index < -0.39 is 5.97 Å². The molecule has 2 rings (SSSR count). The van der Waals surface area contributed by atoms with E-state index in [1.807, 2.05) is 12.1 Å². The van der Waals surface area contributed by atoms with Gasteiger partial charge in [-0.2, -0.15) is 0 Å². The number of likely N-dealkylation sites (tertiary alicyclic amines) is 1. The number of hydrogen-bond donors (Lipinski definition) is 1. The second-order valence-corrected chi connectivity index (χ2v) is 6.76. The predicted octanol–water partition coefficient (Wildman–Crippen LogP) is 1.78. The third-order valence-corrected chi connectivity index (χ3v) is 4.84. The molecular weight excluding hydrogens is 364 g/mol. The van der Waals surface area contributed by atoms with Crippen LogP contribution in [-0.4, -0.2) is 72.1 Å². The quantitative estimate of drug-likeness (QED) is 0.724. The molecular formula is C20H28N2O6. The number of hydrogen-bond acceptors (Lipinski definition) is 5. The molecule has 1 fully saturated rings. The fraction of sp³-hybridized carbons (Fsp3) is 0.550. The van der Waals surface area contributed by atoms with Gasteiger partial charge in [0, 0.05) is 26.1 Å². The molecule has 0 saturated carbocycles. The fourth-order valence-corrected chi connectivity index (χ4v) is 3.43. The van der Waals surface area contributed by atoms with Crippen LogP contribution in [0, 0.1) is 0 Å². The van der Waals surface area contributed by atoms with Crippen LogP contribution >= 0.6 is 0 Å². The van der Waals surface area contributed by atoms with E-state index in [4.69, 9.17) is 14.6 Å². The van der Waals surface area contributed by atoms with Gasteiger partial charge in [-0.1, -0.05) is 12.1 Å². The topological polar surface area (TPSA) is 96.4 Å². The normalized spacial score (nSPS) is 16.8. The highest BCUT2D eigenvalue weighted by molar-refractivity contribution is 5.80. The molecule has 0 aliphatic carbocycles. The Morgan fingerprint density at radius 2 is 1.89 bits per heavy atom. The van der Waals surface area contributed by atoms with Gasteiger partial charge in [0.05, 0.1) is 20.1 Å². The minimum atomic E-state index is -1.03. The molecule has 154 valence electrons. The molecule has 1 aliphatic rings. The summed E-state index contributed by atoms with van der Waals surface area (Å²) in [6.07, 6.45) is 2.24. The molecule has 0 spiro atoms. The Bertz CT molecular complexity index is 693. The van der Waals surface area contributed by atoms with Gasteiger partial charge < -0.3 is 24.4 Å². The second-order valence-electron chi connectivity index (χ2n) is 6.76. The standard InChI is InChI=1S/C20H28N2O6/c1-15(23)22(14-20(25)26)16-6-5-11-21(12-9-16)19(24)10-13-28-18-8-4-3-7-17(18)27-2/h3-4,7-8,16H,5-6,9-14H2,1-2H3,(H,25,26). The van der Waals surface area contributed by atoms with E-state index >= 15 is 0 Å². The number of benzene rings is 1. The Labute approximate surface area is 165 Å². The van der Waals surface area contributed by atoms with Gasteiger partial charge in [0.2, 0.25) is 11.8 Å². The fourth-order valence-electron chi connectivity index (χ4n) is 3.43. The number of carboxylic acid groups (broad SMARTS) is 1. The molecule has 1 atom stereocenters. The van der Waals surface area contributed by atoms with E-state index in [1.165, 1.54) is 11.8 Å². The number of nitrogens with zero attached hydrogens (tertiary/aromatic N) is 2. The molecule has 1 aromatic rings. The van der Waals surface area contributed by atoms with Crippen molar-refractivity contribution in [2.75, 3.05) is 33.4 Å². The van der Waals surface area contributed by atoms with Crippen LogP contribution < -0.4 is 9.47 Å². The molecule has 0 bridgehead atoms. The van der Waals surface area contributed by atoms with Crippen LogP contribution in [0.2, 0.25) is 0 Å². The van der Waals surface area contributed by atoms with Crippen LogP contribution in [-0.2, 0) is 14.4 Å². The van der Waals surface area contributed by atoms with Crippen LogP contribution in [0.1, 0.15) is 32.6 Å². The number of carbonyl (C=O) groups excluding carboxylic acids is 2. The third kappa shape index (κ3) is 6.14. The largest absolute Gasteiger partial charge is 0.493 e. The maximum Gasteiger partial charge on any atom is 0.323 e. The maximum absolute atomic E-state index is 12.5. The highest BCUT2D eigenvalue weighted by Crippen LogP contribution is 2.26. The number of para-hydroxylation sites is 2. The summed E-state index contributed by atoms with van der Waals surface area (Å²) in [7, 11) is 1.57. The Morgan fingerprint density at radius 3 is 2.54 bits per heavy atom. The first-order chi connectivity index (χ1) is 13.4. The average Bonchev–Trinajstić information content (AvgIpc) is 2.92. The molecule has 1 saturated heterocycles. The zero-order chi connectivity index (χ0) is 20.5. The summed E-state index contributed by atoms with van der Waals surface area (Å²) in [5.74, 6) is -0.0729. The van der Waals surface area contributed by atoms with Crippen LogP contribution in [0.25, 0.3) is 0 Å². The van der Waals surface area contributed by atoms with Crippen molar-refractivity contribution in [1.29, 1.82) is 0 Å². The van der Waals surface area contributed by atoms with Gasteiger partial charge in [0.1, 0.15) is 6.54 Å². The molecule has 0 radical (unpaired) electrons. The summed E-state index contributed by atoms with van der Waals surface area (Å²) in [5.41, 5.74) is 0. The van der Waals surface area contributed by atoms with Gasteiger partial charge in [-0.15, -0.1) is 0 Å². The van der Waals surface area contributed by atoms with Crippen molar-refractivity contribution in [3.05, 3.63) is 24.3 Å². The third-order valence-electron chi connectivity index (χ3n) is 4.84. The maximum atomic E-state index is 12.5. The van der Waals surface area contributed by atoms with Crippen molar-refractivity contribution in [2.45, 2.75) is 38.6 Å². The zero-order valence-corrected chi connectivity index (χ0v) is 16.4. The van der Waals surface area contributed by atoms with Gasteiger partial charge in [-0.3, -0.25) is 14.4 Å². The lowest BCUT2D eigenvalue weighted by Crippen LogP contribution is -2.43. The lowest BCUT2D eigenvalue weighted by Gasteiger charge is -2.28. The van der Waals surface area contributed by atoms with Gasteiger partial charge in [-0.05, 0) is 31.4 Å². The van der Waals surface area contributed by atoms with Crippen molar-refractivity contribution >= 4 is 17.8 Å². The van der Waals surface area contributed by atoms with Crippen LogP contribution in [0.3, 0.4) is 0 Å². The number of amides is 2. The molecule has 28 heavy (non-hydrogen) atoms. The van der Waals surface area contributed by atoms with Crippen molar-refractivity contribution < 1.29 is 29.0 Å². The molecule has 1 aliphatic heterocycles. The number of ether oxygens (including phenoxy) is 2. The molecule has 2 amide bonds. The van der Waals surface area contributed by atoms with E-state index in [2.05, 4.69) is 0 Å². The Morgan fingerprint density at radius 1 is 1.18 bits per heavy atom. The minimum absolute atomic E-state index is 0.0110. The van der Waals surface area contributed by atoms with Crippen LogP contribution in [0.15, 0.2) is 24.3 Å². The van der Waals surface area contributed by atoms with E-state index in [-0.39, 0.29) is 37.4 Å². The summed E-state index contributed by atoms with van der Waals surface area (Å²) in [6, 6.07) is 7.12. The lowest BCUT2D eigenvalue weighted by atomic mass is 10.1. The Kier molecular flexibility index (Phi) is 8.10. The van der Waals surface area contributed by atoms with E-state index in [0.29, 0.717) is 37.4 Å². The van der Waals surface area contributed by atoms with Crippen LogP contribution in [0.5, 0.6) is 11.5 Å². The van der Waals surface area contributed by atoms with Crippen molar-refractivity contribution in [3.8, 4) is 11.5 Å². The average molecular weight is 392 g/mol. The molecule has 1 unspecified atom stereocenters. The second kappa shape index (κ2) is 10.5. The highest BCUT2D eigenvalue weighted by Gasteiger charge is 2.27. The van der Waals surface area contributed by atoms with Crippen molar-refractivity contribution in [2.24, 2.45) is 0 Å².